The number of hydrogen-bond donors (Lipinski definition) is 2. The third-order valence-electron chi connectivity index (χ3n) is 2.86. The molecule has 5 heteroatoms. The van der Waals surface area contributed by atoms with Gasteiger partial charge in [-0.25, -0.2) is 0 Å². The van der Waals surface area contributed by atoms with Gasteiger partial charge in [0, 0.05) is 23.3 Å². The number of anilines is 1. The van der Waals surface area contributed by atoms with Gasteiger partial charge in [0.2, 0.25) is 0 Å². The number of aromatic nitrogens is 1. The summed E-state index contributed by atoms with van der Waals surface area (Å²) in [6.07, 6.45) is 3.11. The number of benzene rings is 1. The topological polar surface area (TPSA) is 77.8 Å². The number of carbonyl (C=O) groups is 1. The summed E-state index contributed by atoms with van der Waals surface area (Å²) in [6, 6.07) is 11.4. The molecular weight excluding hydrogens is 276 g/mol. The lowest BCUT2D eigenvalue weighted by Crippen LogP contribution is -2.41. The standard InChI is InChI=1S/C17H18N4O/c1-17(2,3)21-16(22)13(10-18)11-20-14-8-4-6-12-7-5-9-19-15(12)14/h4-9,11,20H,1-3H3,(H,21,22)/b13-11-. The van der Waals surface area contributed by atoms with Crippen LogP contribution >= 0.6 is 0 Å². The number of pyridine rings is 1. The molecule has 0 spiro atoms. The minimum Gasteiger partial charge on any atom is -0.358 e. The van der Waals surface area contributed by atoms with Crippen LogP contribution in [0.4, 0.5) is 5.69 Å². The fourth-order valence-corrected chi connectivity index (χ4v) is 1.93. The quantitative estimate of drug-likeness (QED) is 0.674. The number of para-hydroxylation sites is 1. The van der Waals surface area contributed by atoms with Crippen molar-refractivity contribution in [2.45, 2.75) is 26.3 Å². The molecule has 5 nitrogen and oxygen atoms in total. The van der Waals surface area contributed by atoms with E-state index in [0.717, 1.165) is 16.6 Å². The van der Waals surface area contributed by atoms with Gasteiger partial charge in [0.25, 0.3) is 5.91 Å². The summed E-state index contributed by atoms with van der Waals surface area (Å²) in [6.45, 7) is 5.59. The lowest BCUT2D eigenvalue weighted by Gasteiger charge is -2.20. The predicted molar refractivity (Wildman–Crippen MR) is 87.0 cm³/mol. The first-order valence-electron chi connectivity index (χ1n) is 6.94. The number of carbonyl (C=O) groups excluding carboxylic acids is 1. The third kappa shape index (κ3) is 3.83. The summed E-state index contributed by atoms with van der Waals surface area (Å²) in [5, 5.41) is 15.9. The van der Waals surface area contributed by atoms with Crippen molar-refractivity contribution in [3.8, 4) is 6.07 Å². The lowest BCUT2D eigenvalue weighted by molar-refractivity contribution is -0.118. The van der Waals surface area contributed by atoms with Gasteiger partial charge in [-0.05, 0) is 32.9 Å². The Morgan fingerprint density at radius 3 is 2.68 bits per heavy atom. The Bertz CT molecular complexity index is 761. The van der Waals surface area contributed by atoms with Crippen molar-refractivity contribution < 1.29 is 4.79 Å². The Labute approximate surface area is 129 Å². The first kappa shape index (κ1) is 15.5. The average molecular weight is 294 g/mol. The number of nitriles is 1. The maximum atomic E-state index is 12.0. The SMILES string of the molecule is CC(C)(C)NC(=O)/C(C#N)=C\Nc1cccc2cccnc12. The number of amides is 1. The van der Waals surface area contributed by atoms with Gasteiger partial charge in [-0.1, -0.05) is 18.2 Å². The van der Waals surface area contributed by atoms with E-state index in [-0.39, 0.29) is 5.57 Å². The molecule has 22 heavy (non-hydrogen) atoms. The van der Waals surface area contributed by atoms with E-state index in [1.54, 1.807) is 6.20 Å². The number of rotatable bonds is 3. The highest BCUT2D eigenvalue weighted by molar-refractivity contribution is 5.98. The predicted octanol–water partition coefficient (Wildman–Crippen LogP) is 2.97. The van der Waals surface area contributed by atoms with Crippen LogP contribution in [-0.4, -0.2) is 16.4 Å². The molecule has 2 aromatic rings. The minimum atomic E-state index is -0.407. The van der Waals surface area contributed by atoms with Gasteiger partial charge < -0.3 is 10.6 Å². The Hall–Kier alpha value is -2.87. The molecular formula is C17H18N4O. The molecule has 0 saturated heterocycles. The minimum absolute atomic E-state index is 0.0165. The van der Waals surface area contributed by atoms with Gasteiger partial charge in [-0.2, -0.15) is 5.26 Å². The monoisotopic (exact) mass is 294 g/mol. The van der Waals surface area contributed by atoms with Gasteiger partial charge in [0.05, 0.1) is 11.2 Å². The molecule has 2 N–H and O–H groups in total. The maximum absolute atomic E-state index is 12.0. The second-order valence-electron chi connectivity index (χ2n) is 5.90. The molecule has 0 aliphatic heterocycles. The van der Waals surface area contributed by atoms with Crippen LogP contribution in [0.25, 0.3) is 10.9 Å². The smallest absolute Gasteiger partial charge is 0.263 e. The summed E-state index contributed by atoms with van der Waals surface area (Å²) >= 11 is 0. The Morgan fingerprint density at radius 1 is 1.27 bits per heavy atom. The first-order valence-corrected chi connectivity index (χ1v) is 6.94. The van der Waals surface area contributed by atoms with E-state index in [2.05, 4.69) is 15.6 Å². The molecule has 0 bridgehead atoms. The van der Waals surface area contributed by atoms with Gasteiger partial charge in [0.15, 0.2) is 0 Å². The molecule has 0 unspecified atom stereocenters. The lowest BCUT2D eigenvalue weighted by atomic mass is 10.1. The second kappa shape index (κ2) is 6.27. The van der Waals surface area contributed by atoms with E-state index < -0.39 is 11.4 Å². The zero-order chi connectivity index (χ0) is 16.2. The number of fused-ring (bicyclic) bond motifs is 1. The van der Waals surface area contributed by atoms with Crippen molar-refractivity contribution in [2.24, 2.45) is 0 Å². The molecule has 0 radical (unpaired) electrons. The third-order valence-corrected chi connectivity index (χ3v) is 2.86. The summed E-state index contributed by atoms with van der Waals surface area (Å²) in [5.41, 5.74) is 1.15. The summed E-state index contributed by atoms with van der Waals surface area (Å²) in [5.74, 6) is -0.407. The van der Waals surface area contributed by atoms with Crippen LogP contribution in [-0.2, 0) is 4.79 Å². The van der Waals surface area contributed by atoms with Gasteiger partial charge in [-0.15, -0.1) is 0 Å². The van der Waals surface area contributed by atoms with Crippen LogP contribution in [0.1, 0.15) is 20.8 Å². The molecule has 2 rings (SSSR count). The molecule has 1 aromatic carbocycles. The van der Waals surface area contributed by atoms with Crippen LogP contribution in [0.2, 0.25) is 0 Å². The Balaban J connectivity index is 2.25. The molecule has 1 aromatic heterocycles. The van der Waals surface area contributed by atoms with Crippen molar-refractivity contribution in [1.82, 2.24) is 10.3 Å². The van der Waals surface area contributed by atoms with Gasteiger partial charge >= 0.3 is 0 Å². The van der Waals surface area contributed by atoms with Crippen molar-refractivity contribution in [2.75, 3.05) is 5.32 Å². The van der Waals surface area contributed by atoms with Crippen molar-refractivity contribution in [3.63, 3.8) is 0 Å². The number of hydrogen-bond acceptors (Lipinski definition) is 4. The number of nitrogens with zero attached hydrogens (tertiary/aromatic N) is 2. The first-order chi connectivity index (χ1) is 10.4. The normalized spacial score (nSPS) is 11.8. The molecule has 0 aliphatic carbocycles. The largest absolute Gasteiger partial charge is 0.358 e. The van der Waals surface area contributed by atoms with Gasteiger partial charge in [0.1, 0.15) is 11.6 Å². The van der Waals surface area contributed by atoms with E-state index >= 15 is 0 Å². The van der Waals surface area contributed by atoms with Crippen molar-refractivity contribution in [3.05, 3.63) is 48.3 Å². The second-order valence-corrected chi connectivity index (χ2v) is 5.90. The summed E-state index contributed by atoms with van der Waals surface area (Å²) in [4.78, 5) is 16.3. The summed E-state index contributed by atoms with van der Waals surface area (Å²) in [7, 11) is 0. The van der Waals surface area contributed by atoms with Crippen LogP contribution in [0.5, 0.6) is 0 Å². The highest BCUT2D eigenvalue weighted by atomic mass is 16.1. The highest BCUT2D eigenvalue weighted by Gasteiger charge is 2.17. The van der Waals surface area contributed by atoms with Gasteiger partial charge in [-0.3, -0.25) is 9.78 Å². The van der Waals surface area contributed by atoms with Crippen LogP contribution in [0.3, 0.4) is 0 Å². The van der Waals surface area contributed by atoms with E-state index in [9.17, 15) is 4.79 Å². The molecule has 0 aliphatic rings. The van der Waals surface area contributed by atoms with E-state index in [0.29, 0.717) is 0 Å². The zero-order valence-electron chi connectivity index (χ0n) is 12.8. The summed E-state index contributed by atoms with van der Waals surface area (Å²) < 4.78 is 0. The molecule has 0 fully saturated rings. The zero-order valence-corrected chi connectivity index (χ0v) is 12.8. The molecule has 112 valence electrons. The Kier molecular flexibility index (Phi) is 4.42. The van der Waals surface area contributed by atoms with Crippen molar-refractivity contribution in [1.29, 1.82) is 5.26 Å². The fourth-order valence-electron chi connectivity index (χ4n) is 1.93. The fraction of sp³-hybridized carbons (Fsp3) is 0.235. The van der Waals surface area contributed by atoms with E-state index in [1.165, 1.54) is 6.20 Å². The molecule has 1 amide bonds. The molecule has 1 heterocycles. The van der Waals surface area contributed by atoms with E-state index in [4.69, 9.17) is 5.26 Å². The number of nitrogens with one attached hydrogen (secondary N) is 2. The maximum Gasteiger partial charge on any atom is 0.263 e. The van der Waals surface area contributed by atoms with E-state index in [1.807, 2.05) is 57.2 Å². The Morgan fingerprint density at radius 2 is 2.00 bits per heavy atom. The van der Waals surface area contributed by atoms with Crippen molar-refractivity contribution >= 4 is 22.5 Å². The molecule has 0 saturated carbocycles. The van der Waals surface area contributed by atoms with Crippen LogP contribution in [0.15, 0.2) is 48.3 Å². The van der Waals surface area contributed by atoms with Crippen LogP contribution in [0, 0.1) is 11.3 Å². The average Bonchev–Trinajstić information content (AvgIpc) is 2.46. The highest BCUT2D eigenvalue weighted by Crippen LogP contribution is 2.20. The van der Waals surface area contributed by atoms with Crippen LogP contribution < -0.4 is 10.6 Å². The molecule has 0 atom stereocenters.